The van der Waals surface area contributed by atoms with Crippen LogP contribution in [0.5, 0.6) is 0 Å². The van der Waals surface area contributed by atoms with Gasteiger partial charge in [0.1, 0.15) is 0 Å². The summed E-state index contributed by atoms with van der Waals surface area (Å²) in [5.74, 6) is -0.0764. The third kappa shape index (κ3) is 5.77. The SMILES string of the molecule is CC/C(=C\[O-])C(=O)CN(C)C.[Na+]. The summed E-state index contributed by atoms with van der Waals surface area (Å²) in [6, 6.07) is 0. The van der Waals surface area contributed by atoms with E-state index < -0.39 is 0 Å². The van der Waals surface area contributed by atoms with Crippen molar-refractivity contribution in [3.8, 4) is 0 Å². The molecule has 4 heteroatoms. The fourth-order valence-electron chi connectivity index (χ4n) is 0.735. The molecule has 0 aromatic rings. The number of rotatable bonds is 4. The summed E-state index contributed by atoms with van der Waals surface area (Å²) >= 11 is 0. The molecular formula is C8H14NNaO2. The summed E-state index contributed by atoms with van der Waals surface area (Å²) in [7, 11) is 3.60. The molecule has 0 aromatic heterocycles. The number of nitrogens with zero attached hydrogens (tertiary/aromatic N) is 1. The molecule has 0 saturated carbocycles. The zero-order chi connectivity index (χ0) is 8.85. The Bertz CT molecular complexity index is 166. The van der Waals surface area contributed by atoms with Crippen LogP contribution in [0.1, 0.15) is 13.3 Å². The Labute approximate surface area is 95.7 Å². The van der Waals surface area contributed by atoms with Crippen molar-refractivity contribution in [3.05, 3.63) is 11.8 Å². The van der Waals surface area contributed by atoms with Crippen LogP contribution in [0, 0.1) is 0 Å². The molecule has 64 valence electrons. The van der Waals surface area contributed by atoms with E-state index in [1.807, 2.05) is 0 Å². The Morgan fingerprint density at radius 1 is 1.50 bits per heavy atom. The second kappa shape index (κ2) is 7.80. The Kier molecular flexibility index (Phi) is 9.54. The second-order valence-corrected chi connectivity index (χ2v) is 2.66. The number of carbonyl (C=O) groups excluding carboxylic acids is 1. The number of ketones is 1. The molecule has 0 heterocycles. The van der Waals surface area contributed by atoms with Gasteiger partial charge in [-0.25, -0.2) is 0 Å². The summed E-state index contributed by atoms with van der Waals surface area (Å²) in [6.07, 6.45) is 1.17. The smallest absolute Gasteiger partial charge is 0.878 e. The first-order valence-corrected chi connectivity index (χ1v) is 3.60. The molecule has 0 saturated heterocycles. The maximum absolute atomic E-state index is 11.1. The first-order valence-electron chi connectivity index (χ1n) is 3.60. The number of likely N-dealkylation sites (N-methyl/N-ethyl adjacent to an activating group) is 1. The normalized spacial score (nSPS) is 11.2. The van der Waals surface area contributed by atoms with Gasteiger partial charge in [-0.2, -0.15) is 0 Å². The summed E-state index contributed by atoms with van der Waals surface area (Å²) < 4.78 is 0. The molecule has 0 aliphatic heterocycles. The Morgan fingerprint density at radius 3 is 2.25 bits per heavy atom. The molecule has 3 nitrogen and oxygen atoms in total. The molecule has 0 amide bonds. The van der Waals surface area contributed by atoms with Crippen LogP contribution in [0.4, 0.5) is 0 Å². The maximum Gasteiger partial charge on any atom is 1.00 e. The first-order chi connectivity index (χ1) is 5.11. The zero-order valence-corrected chi connectivity index (χ0v) is 10.3. The van der Waals surface area contributed by atoms with Crippen LogP contribution in [-0.2, 0) is 4.79 Å². The molecule has 0 fully saturated rings. The summed E-state index contributed by atoms with van der Waals surface area (Å²) in [4.78, 5) is 12.9. The van der Waals surface area contributed by atoms with Gasteiger partial charge in [0.15, 0.2) is 5.78 Å². The van der Waals surface area contributed by atoms with E-state index in [0.29, 0.717) is 24.8 Å². The van der Waals surface area contributed by atoms with Gasteiger partial charge in [-0.05, 0) is 26.1 Å². The molecule has 0 aliphatic rings. The van der Waals surface area contributed by atoms with Gasteiger partial charge in [-0.1, -0.05) is 6.92 Å². The van der Waals surface area contributed by atoms with Gasteiger partial charge in [-0.3, -0.25) is 4.79 Å². The van der Waals surface area contributed by atoms with Gasteiger partial charge in [0, 0.05) is 0 Å². The van der Waals surface area contributed by atoms with E-state index >= 15 is 0 Å². The largest absolute Gasteiger partial charge is 1.00 e. The first kappa shape index (κ1) is 14.7. The van der Waals surface area contributed by atoms with Crippen LogP contribution in [0.25, 0.3) is 0 Å². The molecule has 0 unspecified atom stereocenters. The second-order valence-electron chi connectivity index (χ2n) is 2.66. The van der Waals surface area contributed by atoms with Crippen molar-refractivity contribution in [3.63, 3.8) is 0 Å². The fraction of sp³-hybridized carbons (Fsp3) is 0.625. The Morgan fingerprint density at radius 2 is 2.00 bits per heavy atom. The summed E-state index contributed by atoms with van der Waals surface area (Å²) in [5, 5.41) is 10.3. The average Bonchev–Trinajstić information content (AvgIpc) is 1.88. The van der Waals surface area contributed by atoms with Crippen molar-refractivity contribution in [2.75, 3.05) is 20.6 Å². The van der Waals surface area contributed by atoms with Crippen molar-refractivity contribution >= 4 is 5.78 Å². The monoisotopic (exact) mass is 179 g/mol. The van der Waals surface area contributed by atoms with Crippen LogP contribution < -0.4 is 34.7 Å². The van der Waals surface area contributed by atoms with E-state index in [0.717, 1.165) is 0 Å². The number of Topliss-reactive ketones (excluding diaryl/α,β-unsaturated/α-hetero) is 1. The topological polar surface area (TPSA) is 43.4 Å². The molecular weight excluding hydrogens is 165 g/mol. The number of hydrogen-bond donors (Lipinski definition) is 0. The van der Waals surface area contributed by atoms with Gasteiger partial charge >= 0.3 is 29.6 Å². The van der Waals surface area contributed by atoms with Crippen molar-refractivity contribution in [1.29, 1.82) is 0 Å². The molecule has 0 rings (SSSR count). The maximum atomic E-state index is 11.1. The minimum Gasteiger partial charge on any atom is -0.878 e. The average molecular weight is 179 g/mol. The molecule has 0 radical (unpaired) electrons. The predicted molar refractivity (Wildman–Crippen MR) is 41.9 cm³/mol. The molecule has 0 N–H and O–H groups in total. The standard InChI is InChI=1S/C8H15NO2.Na/c1-4-7(6-10)8(11)5-9(2)3;/h6,10H,4-5H2,1-3H3;/q;+1/p-1/b7-6+;. The minimum atomic E-state index is -0.0764. The number of carbonyl (C=O) groups is 1. The van der Waals surface area contributed by atoms with Crippen molar-refractivity contribution < 1.29 is 39.5 Å². The van der Waals surface area contributed by atoms with E-state index in [1.54, 1.807) is 25.9 Å². The van der Waals surface area contributed by atoms with Crippen molar-refractivity contribution in [2.45, 2.75) is 13.3 Å². The fourth-order valence-corrected chi connectivity index (χ4v) is 0.735. The molecule has 0 aliphatic carbocycles. The van der Waals surface area contributed by atoms with Gasteiger partial charge < -0.3 is 10.0 Å². The quantitative estimate of drug-likeness (QED) is 0.259. The van der Waals surface area contributed by atoms with Crippen LogP contribution >= 0.6 is 0 Å². The van der Waals surface area contributed by atoms with Gasteiger partial charge in [-0.15, -0.1) is 6.26 Å². The molecule has 0 spiro atoms. The summed E-state index contributed by atoms with van der Waals surface area (Å²) in [5.41, 5.74) is 0.374. The molecule has 12 heavy (non-hydrogen) atoms. The molecule has 0 bridgehead atoms. The Hall–Kier alpha value is 0.170. The van der Waals surface area contributed by atoms with Crippen LogP contribution in [0.2, 0.25) is 0 Å². The van der Waals surface area contributed by atoms with Crippen LogP contribution in [0.15, 0.2) is 11.8 Å². The predicted octanol–water partition coefficient (Wildman–Crippen LogP) is -3.22. The molecule has 0 aromatic carbocycles. The van der Waals surface area contributed by atoms with E-state index in [9.17, 15) is 9.90 Å². The third-order valence-corrected chi connectivity index (χ3v) is 1.34. The van der Waals surface area contributed by atoms with Gasteiger partial charge in [0.2, 0.25) is 0 Å². The van der Waals surface area contributed by atoms with E-state index in [4.69, 9.17) is 0 Å². The van der Waals surface area contributed by atoms with E-state index in [1.165, 1.54) is 0 Å². The van der Waals surface area contributed by atoms with Gasteiger partial charge in [0.05, 0.1) is 6.54 Å². The van der Waals surface area contributed by atoms with Crippen LogP contribution in [0.3, 0.4) is 0 Å². The molecule has 0 atom stereocenters. The van der Waals surface area contributed by atoms with Crippen molar-refractivity contribution in [1.82, 2.24) is 4.90 Å². The van der Waals surface area contributed by atoms with E-state index in [2.05, 4.69) is 0 Å². The third-order valence-electron chi connectivity index (χ3n) is 1.34. The van der Waals surface area contributed by atoms with Crippen molar-refractivity contribution in [2.24, 2.45) is 0 Å². The van der Waals surface area contributed by atoms with E-state index in [-0.39, 0.29) is 35.3 Å². The minimum absolute atomic E-state index is 0. The van der Waals surface area contributed by atoms with Gasteiger partial charge in [0.25, 0.3) is 0 Å². The van der Waals surface area contributed by atoms with Crippen LogP contribution in [-0.4, -0.2) is 31.3 Å². The zero-order valence-electron chi connectivity index (χ0n) is 8.26. The number of hydrogen-bond acceptors (Lipinski definition) is 3. The summed E-state index contributed by atoms with van der Waals surface area (Å²) in [6.45, 7) is 2.12. The Balaban J connectivity index is 0.